The number of amides is 2. The molecule has 0 spiro atoms. The molecule has 3 nitrogen and oxygen atoms in total. The van der Waals surface area contributed by atoms with E-state index in [1.54, 1.807) is 4.90 Å². The fourth-order valence-corrected chi connectivity index (χ4v) is 11.7. The van der Waals surface area contributed by atoms with Crippen LogP contribution in [0.25, 0.3) is 0 Å². The average molecular weight is 483 g/mol. The molecule has 0 bridgehead atoms. The Kier molecular flexibility index (Phi) is 6.05. The fraction of sp³-hybridized carbons (Fsp3) is 0.906. The van der Waals surface area contributed by atoms with Crippen LogP contribution in [-0.2, 0) is 0 Å². The van der Waals surface area contributed by atoms with Crippen LogP contribution in [0.3, 0.4) is 0 Å². The van der Waals surface area contributed by atoms with Crippen molar-refractivity contribution >= 4 is 6.03 Å². The van der Waals surface area contributed by atoms with E-state index in [9.17, 15) is 4.79 Å². The third kappa shape index (κ3) is 3.44. The number of nitrogens with zero attached hydrogens (tertiary/aromatic N) is 1. The normalized spacial score (nSPS) is 50.2. The molecule has 2 amide bonds. The van der Waals surface area contributed by atoms with E-state index in [0.717, 1.165) is 30.1 Å². The number of rotatable bonds is 2. The van der Waals surface area contributed by atoms with Gasteiger partial charge in [-0.1, -0.05) is 46.8 Å². The Labute approximate surface area is 216 Å². The Morgan fingerprint density at radius 3 is 2.17 bits per heavy atom. The van der Waals surface area contributed by atoms with Gasteiger partial charge in [0, 0.05) is 20.1 Å². The SMILES string of the molecule is C=C(C)[C@@H]1CC[C@@H]2CC[C@]3(C)[C@H](CC[C@@H]4[C@@]5(C)C(NC(=O)N(C)C)CCC(C)(C)[C@@H]5CC[C@]43C)[C@H]21. The molecule has 35 heavy (non-hydrogen) atoms. The molecular weight excluding hydrogens is 428 g/mol. The van der Waals surface area contributed by atoms with E-state index in [0.29, 0.717) is 28.1 Å². The largest absolute Gasteiger partial charge is 0.335 e. The summed E-state index contributed by atoms with van der Waals surface area (Å²) in [5.41, 5.74) is 2.71. The highest BCUT2D eigenvalue weighted by molar-refractivity contribution is 5.74. The lowest BCUT2D eigenvalue weighted by Gasteiger charge is -2.73. The molecule has 0 radical (unpaired) electrons. The van der Waals surface area contributed by atoms with Crippen LogP contribution in [0.2, 0.25) is 0 Å². The van der Waals surface area contributed by atoms with Gasteiger partial charge in [0.15, 0.2) is 0 Å². The van der Waals surface area contributed by atoms with Crippen molar-refractivity contribution < 1.29 is 4.79 Å². The Bertz CT molecular complexity index is 877. The average Bonchev–Trinajstić information content (AvgIpc) is 3.20. The molecule has 10 atom stereocenters. The zero-order chi connectivity index (χ0) is 25.6. The van der Waals surface area contributed by atoms with Crippen molar-refractivity contribution in [3.05, 3.63) is 12.2 Å². The number of allylic oxidation sites excluding steroid dienone is 1. The lowest BCUT2D eigenvalue weighted by molar-refractivity contribution is -0.234. The van der Waals surface area contributed by atoms with Crippen LogP contribution in [0.5, 0.6) is 0 Å². The summed E-state index contributed by atoms with van der Waals surface area (Å²) in [6, 6.07) is 0.379. The van der Waals surface area contributed by atoms with Crippen molar-refractivity contribution in [1.29, 1.82) is 0 Å². The first kappa shape index (κ1) is 25.7. The van der Waals surface area contributed by atoms with Crippen molar-refractivity contribution in [3.63, 3.8) is 0 Å². The van der Waals surface area contributed by atoms with Gasteiger partial charge in [0.1, 0.15) is 0 Å². The minimum Gasteiger partial charge on any atom is -0.335 e. The molecule has 0 aromatic heterocycles. The lowest BCUT2D eigenvalue weighted by Crippen LogP contribution is -2.69. The zero-order valence-corrected chi connectivity index (χ0v) is 24.2. The first-order valence-corrected chi connectivity index (χ1v) is 14.9. The predicted molar refractivity (Wildman–Crippen MR) is 146 cm³/mol. The van der Waals surface area contributed by atoms with Crippen LogP contribution < -0.4 is 5.32 Å². The molecule has 198 valence electrons. The maximum absolute atomic E-state index is 13.0. The molecule has 5 fully saturated rings. The highest BCUT2D eigenvalue weighted by Crippen LogP contribution is 2.76. The van der Waals surface area contributed by atoms with Crippen molar-refractivity contribution in [3.8, 4) is 0 Å². The smallest absolute Gasteiger partial charge is 0.317 e. The van der Waals surface area contributed by atoms with Crippen LogP contribution in [0.4, 0.5) is 4.79 Å². The quantitative estimate of drug-likeness (QED) is 0.398. The third-order valence-electron chi connectivity index (χ3n) is 13.6. The van der Waals surface area contributed by atoms with Crippen molar-refractivity contribution in [1.82, 2.24) is 10.2 Å². The van der Waals surface area contributed by atoms with Gasteiger partial charge >= 0.3 is 6.03 Å². The maximum atomic E-state index is 13.0. The zero-order valence-electron chi connectivity index (χ0n) is 24.2. The van der Waals surface area contributed by atoms with E-state index in [2.05, 4.69) is 53.4 Å². The number of hydrogen-bond donors (Lipinski definition) is 1. The number of fused-ring (bicyclic) bond motifs is 7. The molecule has 5 saturated carbocycles. The third-order valence-corrected chi connectivity index (χ3v) is 13.6. The van der Waals surface area contributed by atoms with E-state index < -0.39 is 0 Å². The molecule has 0 heterocycles. The van der Waals surface area contributed by atoms with Crippen LogP contribution in [0, 0.1) is 57.2 Å². The number of carbonyl (C=O) groups excluding carboxylic acids is 1. The van der Waals surface area contributed by atoms with Gasteiger partial charge in [-0.05, 0) is 128 Å². The van der Waals surface area contributed by atoms with Crippen LogP contribution in [0.1, 0.15) is 106 Å². The van der Waals surface area contributed by atoms with Crippen molar-refractivity contribution in [2.24, 2.45) is 57.2 Å². The van der Waals surface area contributed by atoms with Crippen molar-refractivity contribution in [2.75, 3.05) is 14.1 Å². The summed E-state index contributed by atoms with van der Waals surface area (Å²) in [5, 5.41) is 3.56. The Hall–Kier alpha value is -0.990. The Morgan fingerprint density at radius 2 is 1.51 bits per heavy atom. The number of hydrogen-bond acceptors (Lipinski definition) is 1. The van der Waals surface area contributed by atoms with E-state index in [-0.39, 0.29) is 17.5 Å². The van der Waals surface area contributed by atoms with Crippen LogP contribution in [0.15, 0.2) is 12.2 Å². The second-order valence-corrected chi connectivity index (χ2v) is 15.4. The molecule has 1 N–H and O–H groups in total. The molecule has 0 aromatic carbocycles. The summed E-state index contributed by atoms with van der Waals surface area (Å²) >= 11 is 0. The van der Waals surface area contributed by atoms with E-state index in [1.165, 1.54) is 63.4 Å². The number of urea groups is 1. The maximum Gasteiger partial charge on any atom is 0.317 e. The molecule has 0 aliphatic heterocycles. The number of carbonyl (C=O) groups is 1. The molecule has 1 unspecified atom stereocenters. The second-order valence-electron chi connectivity index (χ2n) is 15.4. The Morgan fingerprint density at radius 1 is 0.829 bits per heavy atom. The minimum atomic E-state index is 0.0950. The van der Waals surface area contributed by atoms with Crippen LogP contribution in [-0.4, -0.2) is 31.1 Å². The monoisotopic (exact) mass is 482 g/mol. The van der Waals surface area contributed by atoms with Gasteiger partial charge in [0.25, 0.3) is 0 Å². The Balaban J connectivity index is 1.54. The molecule has 5 rings (SSSR count). The topological polar surface area (TPSA) is 32.3 Å². The summed E-state index contributed by atoms with van der Waals surface area (Å²) in [6.45, 7) is 19.9. The molecule has 5 aliphatic rings. The summed E-state index contributed by atoms with van der Waals surface area (Å²) in [7, 11) is 3.77. The lowest BCUT2D eigenvalue weighted by atomic mass is 9.32. The standard InChI is InChI=1S/C32H54N2O/c1-20(2)22-11-10-21-14-18-30(5)23(27(21)22)12-13-25-31(30,6)19-15-24-29(3,4)17-16-26(32(24,25)7)33-28(35)34(8)9/h21-27H,1,10-19H2,2-9H3,(H,33,35)/t21-,22+,23-,24+,25+,26?,27-,30-,31-,32+/m1/s1. The minimum absolute atomic E-state index is 0.0950. The summed E-state index contributed by atoms with van der Waals surface area (Å²) in [5.74, 6) is 4.75. The van der Waals surface area contributed by atoms with Crippen LogP contribution >= 0.6 is 0 Å². The van der Waals surface area contributed by atoms with Gasteiger partial charge in [0.05, 0.1) is 0 Å². The van der Waals surface area contributed by atoms with Crippen molar-refractivity contribution in [2.45, 2.75) is 112 Å². The molecule has 0 aromatic rings. The number of nitrogens with one attached hydrogen (secondary N) is 1. The second kappa shape index (κ2) is 8.26. The first-order valence-electron chi connectivity index (χ1n) is 14.9. The summed E-state index contributed by atoms with van der Waals surface area (Å²) in [6.07, 6.45) is 13.4. The summed E-state index contributed by atoms with van der Waals surface area (Å²) < 4.78 is 0. The summed E-state index contributed by atoms with van der Waals surface area (Å²) in [4.78, 5) is 14.7. The highest BCUT2D eigenvalue weighted by atomic mass is 16.2. The van der Waals surface area contributed by atoms with E-state index in [4.69, 9.17) is 0 Å². The van der Waals surface area contributed by atoms with Gasteiger partial charge in [-0.25, -0.2) is 4.79 Å². The fourth-order valence-electron chi connectivity index (χ4n) is 11.7. The van der Waals surface area contributed by atoms with Gasteiger partial charge < -0.3 is 10.2 Å². The molecular formula is C32H54N2O. The molecule has 3 heteroatoms. The van der Waals surface area contributed by atoms with E-state index >= 15 is 0 Å². The highest BCUT2D eigenvalue weighted by Gasteiger charge is 2.70. The van der Waals surface area contributed by atoms with E-state index in [1.807, 2.05) is 14.1 Å². The van der Waals surface area contributed by atoms with Gasteiger partial charge in [-0.15, -0.1) is 0 Å². The predicted octanol–water partition coefficient (Wildman–Crippen LogP) is 7.91. The van der Waals surface area contributed by atoms with Gasteiger partial charge in [-0.3, -0.25) is 0 Å². The first-order chi connectivity index (χ1) is 16.3. The van der Waals surface area contributed by atoms with Gasteiger partial charge in [-0.2, -0.15) is 0 Å². The molecule has 0 saturated heterocycles. The van der Waals surface area contributed by atoms with Gasteiger partial charge in [0.2, 0.25) is 0 Å². The molecule has 5 aliphatic carbocycles.